The van der Waals surface area contributed by atoms with Crippen molar-refractivity contribution in [1.82, 2.24) is 0 Å². The Balaban J connectivity index is 1.80. The highest BCUT2D eigenvalue weighted by atomic mass is 35.5. The fraction of sp³-hybridized carbons (Fsp3) is 0.400. The number of hydrogen-bond acceptors (Lipinski definition) is 5. The molecular formula is C20H22ClNO3S2. The number of esters is 1. The molecule has 3 rings (SSSR count). The maximum atomic E-state index is 12.9. The lowest BCUT2D eigenvalue weighted by molar-refractivity contribution is -0.115. The van der Waals surface area contributed by atoms with Crippen molar-refractivity contribution in [3.8, 4) is 0 Å². The van der Waals surface area contributed by atoms with Crippen LogP contribution < -0.4 is 5.32 Å². The van der Waals surface area contributed by atoms with Gasteiger partial charge < -0.3 is 10.1 Å². The average Bonchev–Trinajstić information content (AvgIpc) is 3.04. The molecule has 0 spiro atoms. The topological polar surface area (TPSA) is 55.4 Å². The van der Waals surface area contributed by atoms with Crippen LogP contribution in [0.25, 0.3) is 0 Å². The maximum absolute atomic E-state index is 12.9. The summed E-state index contributed by atoms with van der Waals surface area (Å²) in [6.07, 6.45) is 4.67. The average molecular weight is 424 g/mol. The van der Waals surface area contributed by atoms with Gasteiger partial charge in [0.2, 0.25) is 5.91 Å². The fourth-order valence-electron chi connectivity index (χ4n) is 3.16. The fourth-order valence-corrected chi connectivity index (χ4v) is 5.52. The lowest BCUT2D eigenvalue weighted by atomic mass is 9.95. The Bertz CT molecular complexity index is 832. The van der Waals surface area contributed by atoms with Crippen molar-refractivity contribution in [3.05, 3.63) is 45.3 Å². The number of carbonyl (C=O) groups is 2. The second-order valence-electron chi connectivity index (χ2n) is 6.36. The highest BCUT2D eigenvalue weighted by molar-refractivity contribution is 8.00. The Hall–Kier alpha value is -1.50. The van der Waals surface area contributed by atoms with Crippen molar-refractivity contribution in [3.63, 3.8) is 0 Å². The molecule has 0 saturated heterocycles. The number of ether oxygens (including phenoxy) is 1. The van der Waals surface area contributed by atoms with E-state index in [0.717, 1.165) is 36.1 Å². The van der Waals surface area contributed by atoms with Crippen LogP contribution in [-0.4, -0.2) is 24.2 Å². The minimum atomic E-state index is -0.372. The number of anilines is 1. The highest BCUT2D eigenvalue weighted by Crippen LogP contribution is 2.39. The molecule has 0 radical (unpaired) electrons. The van der Waals surface area contributed by atoms with Crippen LogP contribution in [0.5, 0.6) is 0 Å². The molecule has 1 N–H and O–H groups in total. The van der Waals surface area contributed by atoms with Gasteiger partial charge in [-0.05, 0) is 61.9 Å². The summed E-state index contributed by atoms with van der Waals surface area (Å²) in [5, 5.41) is 4.03. The predicted molar refractivity (Wildman–Crippen MR) is 112 cm³/mol. The molecule has 27 heavy (non-hydrogen) atoms. The first kappa shape index (κ1) is 20.2. The Morgan fingerprint density at radius 3 is 2.63 bits per heavy atom. The molecule has 1 amide bonds. The number of methoxy groups -OCH3 is 1. The van der Waals surface area contributed by atoms with Crippen LogP contribution in [0.3, 0.4) is 0 Å². The summed E-state index contributed by atoms with van der Waals surface area (Å²) in [5.74, 6) is -0.468. The van der Waals surface area contributed by atoms with E-state index in [2.05, 4.69) is 5.32 Å². The van der Waals surface area contributed by atoms with E-state index >= 15 is 0 Å². The highest BCUT2D eigenvalue weighted by Gasteiger charge is 2.28. The number of amides is 1. The summed E-state index contributed by atoms with van der Waals surface area (Å²) in [6.45, 7) is 1.98. The van der Waals surface area contributed by atoms with Crippen LogP contribution in [0.1, 0.15) is 47.0 Å². The zero-order valence-corrected chi connectivity index (χ0v) is 17.7. The molecule has 1 atom stereocenters. The van der Waals surface area contributed by atoms with Gasteiger partial charge in [-0.3, -0.25) is 4.79 Å². The summed E-state index contributed by atoms with van der Waals surface area (Å²) in [4.78, 5) is 27.4. The van der Waals surface area contributed by atoms with Crippen LogP contribution in [0.4, 0.5) is 5.00 Å². The molecule has 1 aliphatic carbocycles. The normalized spacial score (nSPS) is 14.3. The number of aryl methyl sites for hydroxylation is 1. The third-order valence-corrected chi connectivity index (χ3v) is 7.39. The molecule has 1 aromatic carbocycles. The molecule has 1 aliphatic rings. The number of thiophene rings is 1. The van der Waals surface area contributed by atoms with Gasteiger partial charge in [0, 0.05) is 14.8 Å². The number of rotatable bonds is 6. The molecule has 0 fully saturated rings. The second kappa shape index (κ2) is 9.13. The number of carbonyl (C=O) groups excluding carboxylic acids is 2. The SMILES string of the molecule is CC[C@@H](Sc1ccc(Cl)cc1)C(=O)Nc1sc2c(c1C(=O)OC)CCCC2. The van der Waals surface area contributed by atoms with E-state index in [4.69, 9.17) is 16.3 Å². The van der Waals surface area contributed by atoms with Gasteiger partial charge in [0.25, 0.3) is 0 Å². The number of halogens is 1. The van der Waals surface area contributed by atoms with Crippen LogP contribution in [0.15, 0.2) is 29.2 Å². The summed E-state index contributed by atoms with van der Waals surface area (Å²) < 4.78 is 4.98. The van der Waals surface area contributed by atoms with Gasteiger partial charge in [0.1, 0.15) is 5.00 Å². The zero-order chi connectivity index (χ0) is 19.4. The molecule has 2 aromatic rings. The van der Waals surface area contributed by atoms with Crippen LogP contribution >= 0.6 is 34.7 Å². The number of thioether (sulfide) groups is 1. The summed E-state index contributed by atoms with van der Waals surface area (Å²) >= 11 is 8.94. The molecule has 0 aliphatic heterocycles. The molecule has 0 unspecified atom stereocenters. The van der Waals surface area contributed by atoms with E-state index in [1.165, 1.54) is 35.1 Å². The minimum absolute atomic E-state index is 0.0961. The monoisotopic (exact) mass is 423 g/mol. The third-order valence-electron chi connectivity index (χ3n) is 4.55. The van der Waals surface area contributed by atoms with Crippen LogP contribution in [0, 0.1) is 0 Å². The van der Waals surface area contributed by atoms with E-state index in [1.807, 2.05) is 31.2 Å². The van der Waals surface area contributed by atoms with Crippen molar-refractivity contribution >= 4 is 51.6 Å². The first-order valence-corrected chi connectivity index (χ1v) is 11.1. The number of hydrogen-bond donors (Lipinski definition) is 1. The van der Waals surface area contributed by atoms with E-state index in [0.29, 0.717) is 22.0 Å². The second-order valence-corrected chi connectivity index (χ2v) is 9.18. The molecular weight excluding hydrogens is 402 g/mol. The number of nitrogens with one attached hydrogen (secondary N) is 1. The minimum Gasteiger partial charge on any atom is -0.465 e. The van der Waals surface area contributed by atoms with Gasteiger partial charge in [0.15, 0.2) is 0 Å². The lowest BCUT2D eigenvalue weighted by Gasteiger charge is -2.15. The van der Waals surface area contributed by atoms with Gasteiger partial charge in [-0.1, -0.05) is 18.5 Å². The smallest absolute Gasteiger partial charge is 0.341 e. The Labute approximate surface area is 172 Å². The summed E-state index contributed by atoms with van der Waals surface area (Å²) in [5.41, 5.74) is 1.59. The van der Waals surface area contributed by atoms with E-state index in [9.17, 15) is 9.59 Å². The van der Waals surface area contributed by atoms with Crippen molar-refractivity contribution in [2.24, 2.45) is 0 Å². The predicted octanol–water partition coefficient (Wildman–Crippen LogP) is 5.58. The van der Waals surface area contributed by atoms with Crippen LogP contribution in [-0.2, 0) is 22.4 Å². The Morgan fingerprint density at radius 1 is 1.26 bits per heavy atom. The Morgan fingerprint density at radius 2 is 1.96 bits per heavy atom. The van der Waals surface area contributed by atoms with Gasteiger partial charge in [-0.2, -0.15) is 0 Å². The first-order chi connectivity index (χ1) is 13.0. The zero-order valence-electron chi connectivity index (χ0n) is 15.3. The largest absolute Gasteiger partial charge is 0.465 e. The molecule has 1 aromatic heterocycles. The van der Waals surface area contributed by atoms with Gasteiger partial charge in [-0.25, -0.2) is 4.79 Å². The summed E-state index contributed by atoms with van der Waals surface area (Å²) in [6, 6.07) is 7.45. The van der Waals surface area contributed by atoms with Gasteiger partial charge in [-0.15, -0.1) is 23.1 Å². The van der Waals surface area contributed by atoms with Crippen molar-refractivity contribution < 1.29 is 14.3 Å². The first-order valence-electron chi connectivity index (χ1n) is 8.99. The molecule has 0 saturated carbocycles. The van der Waals surface area contributed by atoms with E-state index in [-0.39, 0.29) is 17.1 Å². The van der Waals surface area contributed by atoms with Gasteiger partial charge >= 0.3 is 5.97 Å². The van der Waals surface area contributed by atoms with E-state index < -0.39 is 0 Å². The third kappa shape index (κ3) is 4.68. The Kier molecular flexibility index (Phi) is 6.84. The van der Waals surface area contributed by atoms with Crippen LogP contribution in [0.2, 0.25) is 5.02 Å². The number of benzene rings is 1. The number of fused-ring (bicyclic) bond motifs is 1. The van der Waals surface area contributed by atoms with Crippen molar-refractivity contribution in [1.29, 1.82) is 0 Å². The maximum Gasteiger partial charge on any atom is 0.341 e. The molecule has 144 valence electrons. The van der Waals surface area contributed by atoms with Crippen molar-refractivity contribution in [2.45, 2.75) is 49.2 Å². The van der Waals surface area contributed by atoms with E-state index in [1.54, 1.807) is 0 Å². The molecule has 1 heterocycles. The summed E-state index contributed by atoms with van der Waals surface area (Å²) in [7, 11) is 1.38. The quantitative estimate of drug-likeness (QED) is 0.487. The standard InChI is InChI=1S/C20H22ClNO3S2/c1-3-15(26-13-10-8-12(21)9-11-13)18(23)22-19-17(20(24)25-2)14-6-4-5-7-16(14)27-19/h8-11,15H,3-7H2,1-2H3,(H,22,23)/t15-/m1/s1. The van der Waals surface area contributed by atoms with Crippen molar-refractivity contribution in [2.75, 3.05) is 12.4 Å². The molecule has 7 heteroatoms. The lowest BCUT2D eigenvalue weighted by Crippen LogP contribution is -2.25. The molecule has 4 nitrogen and oxygen atoms in total. The van der Waals surface area contributed by atoms with Gasteiger partial charge in [0.05, 0.1) is 17.9 Å². The molecule has 0 bridgehead atoms.